The van der Waals surface area contributed by atoms with E-state index in [1.165, 1.54) is 0 Å². The zero-order valence-electron chi connectivity index (χ0n) is 14.6. The molecule has 3 heterocycles. The molecule has 2 unspecified atom stereocenters. The van der Waals surface area contributed by atoms with Gasteiger partial charge in [-0.25, -0.2) is 0 Å². The van der Waals surface area contributed by atoms with Crippen LogP contribution in [0.3, 0.4) is 0 Å². The Labute approximate surface area is 161 Å². The van der Waals surface area contributed by atoms with Gasteiger partial charge in [0, 0.05) is 16.1 Å². The molecule has 0 amide bonds. The van der Waals surface area contributed by atoms with Crippen molar-refractivity contribution >= 4 is 17.3 Å². The van der Waals surface area contributed by atoms with Crippen LogP contribution < -0.4 is 14.9 Å². The van der Waals surface area contributed by atoms with Crippen LogP contribution >= 0.6 is 11.6 Å². The quantitative estimate of drug-likeness (QED) is 0.697. The molecule has 5 nitrogen and oxygen atoms in total. The van der Waals surface area contributed by atoms with E-state index < -0.39 is 0 Å². The van der Waals surface area contributed by atoms with Crippen molar-refractivity contribution in [3.05, 3.63) is 88.8 Å². The fraction of sp³-hybridized carbons (Fsp3) is 0.143. The molecule has 0 fully saturated rings. The molecule has 2 aliphatic rings. The number of fused-ring (bicyclic) bond motifs is 3. The number of rotatable bonds is 3. The zero-order chi connectivity index (χ0) is 18.4. The number of hydrazine groups is 1. The van der Waals surface area contributed by atoms with Gasteiger partial charge in [-0.05, 0) is 48.5 Å². The minimum Gasteiger partial charge on any atom is -0.497 e. The molecule has 2 aliphatic heterocycles. The van der Waals surface area contributed by atoms with Gasteiger partial charge in [0.05, 0.1) is 25.1 Å². The molecule has 0 saturated heterocycles. The summed E-state index contributed by atoms with van der Waals surface area (Å²) in [5.41, 5.74) is 6.33. The maximum atomic E-state index is 6.34. The Morgan fingerprint density at radius 1 is 1.11 bits per heavy atom. The van der Waals surface area contributed by atoms with Crippen molar-refractivity contribution in [3.8, 4) is 11.5 Å². The van der Waals surface area contributed by atoms with Gasteiger partial charge in [-0.1, -0.05) is 23.7 Å². The molecule has 0 saturated carbocycles. The van der Waals surface area contributed by atoms with Crippen LogP contribution in [-0.2, 0) is 0 Å². The summed E-state index contributed by atoms with van der Waals surface area (Å²) in [7, 11) is 1.66. The van der Waals surface area contributed by atoms with Crippen LogP contribution in [0.5, 0.6) is 11.5 Å². The van der Waals surface area contributed by atoms with E-state index in [4.69, 9.17) is 25.5 Å². The number of benzene rings is 2. The number of nitrogens with one attached hydrogen (secondary N) is 1. The Balaban J connectivity index is 1.60. The standard InChI is InChI=1S/C21H17ClN2O3/c1-25-15-5-2-4-13(10-15)21-24-18(12-17(23-24)20-6-3-9-26-20)16-11-14(22)7-8-19(16)27-21/h2-12,18,21,23H,1H3. The lowest BCUT2D eigenvalue weighted by molar-refractivity contribution is -0.0329. The number of halogens is 1. The Morgan fingerprint density at radius 3 is 2.85 bits per heavy atom. The lowest BCUT2D eigenvalue weighted by Gasteiger charge is -2.39. The fourth-order valence-corrected chi connectivity index (χ4v) is 3.74. The predicted octanol–water partition coefficient (Wildman–Crippen LogP) is 4.94. The van der Waals surface area contributed by atoms with Crippen molar-refractivity contribution in [3.63, 3.8) is 0 Å². The van der Waals surface area contributed by atoms with Gasteiger partial charge in [-0.3, -0.25) is 0 Å². The highest BCUT2D eigenvalue weighted by molar-refractivity contribution is 6.30. The molecule has 3 aromatic rings. The number of hydrogen-bond donors (Lipinski definition) is 1. The second-order valence-corrected chi connectivity index (χ2v) is 6.89. The van der Waals surface area contributed by atoms with Crippen molar-refractivity contribution in [2.45, 2.75) is 12.3 Å². The van der Waals surface area contributed by atoms with E-state index in [1.807, 2.05) is 54.6 Å². The lowest BCUT2D eigenvalue weighted by atomic mass is 10.0. The Kier molecular flexibility index (Phi) is 3.85. The van der Waals surface area contributed by atoms with Gasteiger partial charge in [0.25, 0.3) is 0 Å². The SMILES string of the molecule is COc1cccc(C2Oc3ccc(Cl)cc3C3C=C(c4ccco4)NN32)c1. The second kappa shape index (κ2) is 6.37. The molecular weight excluding hydrogens is 364 g/mol. The summed E-state index contributed by atoms with van der Waals surface area (Å²) in [5, 5.41) is 2.74. The lowest BCUT2D eigenvalue weighted by Crippen LogP contribution is -2.43. The minimum atomic E-state index is -0.331. The third-order valence-corrected chi connectivity index (χ3v) is 5.06. The van der Waals surface area contributed by atoms with E-state index in [2.05, 4.69) is 16.5 Å². The van der Waals surface area contributed by atoms with Crippen LogP contribution in [0.1, 0.15) is 29.2 Å². The first-order chi connectivity index (χ1) is 13.2. The van der Waals surface area contributed by atoms with E-state index in [9.17, 15) is 0 Å². The summed E-state index contributed by atoms with van der Waals surface area (Å²) in [6.07, 6.45) is 3.46. The van der Waals surface area contributed by atoms with Gasteiger partial charge < -0.3 is 19.3 Å². The molecule has 1 N–H and O–H groups in total. The van der Waals surface area contributed by atoms with Crippen molar-refractivity contribution in [1.29, 1.82) is 0 Å². The first kappa shape index (κ1) is 16.3. The molecular formula is C21H17ClN2O3. The monoisotopic (exact) mass is 380 g/mol. The average molecular weight is 381 g/mol. The molecule has 5 rings (SSSR count). The maximum Gasteiger partial charge on any atom is 0.196 e. The summed E-state index contributed by atoms with van der Waals surface area (Å²) in [6.45, 7) is 0. The summed E-state index contributed by atoms with van der Waals surface area (Å²) >= 11 is 6.25. The molecule has 136 valence electrons. The van der Waals surface area contributed by atoms with Crippen LogP contribution in [0, 0.1) is 0 Å². The molecule has 2 atom stereocenters. The summed E-state index contributed by atoms with van der Waals surface area (Å²) in [5.74, 6) is 2.37. The molecule has 0 spiro atoms. The van der Waals surface area contributed by atoms with Crippen LogP contribution in [0.25, 0.3) is 5.70 Å². The second-order valence-electron chi connectivity index (χ2n) is 6.45. The topological polar surface area (TPSA) is 46.9 Å². The molecule has 1 aromatic heterocycles. The maximum absolute atomic E-state index is 6.34. The number of ether oxygens (including phenoxy) is 2. The fourth-order valence-electron chi connectivity index (χ4n) is 3.56. The third kappa shape index (κ3) is 2.76. The minimum absolute atomic E-state index is 0.0382. The first-order valence-corrected chi connectivity index (χ1v) is 9.01. The zero-order valence-corrected chi connectivity index (χ0v) is 15.3. The van der Waals surface area contributed by atoms with Gasteiger partial charge in [0.1, 0.15) is 11.5 Å². The third-order valence-electron chi connectivity index (χ3n) is 4.82. The smallest absolute Gasteiger partial charge is 0.196 e. The number of hydrogen-bond acceptors (Lipinski definition) is 5. The number of nitrogens with zero attached hydrogens (tertiary/aromatic N) is 1. The molecule has 0 radical (unpaired) electrons. The van der Waals surface area contributed by atoms with E-state index in [-0.39, 0.29) is 12.3 Å². The van der Waals surface area contributed by atoms with Gasteiger partial charge in [0.2, 0.25) is 0 Å². The largest absolute Gasteiger partial charge is 0.497 e. The van der Waals surface area contributed by atoms with Crippen LogP contribution in [0.15, 0.2) is 71.4 Å². The molecule has 2 aromatic carbocycles. The molecule has 0 bridgehead atoms. The average Bonchev–Trinajstić information content (AvgIpc) is 3.37. The Hall–Kier alpha value is -2.89. The van der Waals surface area contributed by atoms with Gasteiger partial charge >= 0.3 is 0 Å². The number of furan rings is 1. The van der Waals surface area contributed by atoms with Crippen molar-refractivity contribution in [1.82, 2.24) is 10.4 Å². The van der Waals surface area contributed by atoms with Gasteiger partial charge in [-0.15, -0.1) is 0 Å². The molecule has 0 aliphatic carbocycles. The van der Waals surface area contributed by atoms with E-state index in [0.29, 0.717) is 5.02 Å². The van der Waals surface area contributed by atoms with Crippen molar-refractivity contribution in [2.24, 2.45) is 0 Å². The van der Waals surface area contributed by atoms with Crippen molar-refractivity contribution < 1.29 is 13.9 Å². The van der Waals surface area contributed by atoms with E-state index >= 15 is 0 Å². The first-order valence-electron chi connectivity index (χ1n) is 8.64. The van der Waals surface area contributed by atoms with Gasteiger partial charge in [-0.2, -0.15) is 5.01 Å². The normalized spacial score (nSPS) is 20.9. The summed E-state index contributed by atoms with van der Waals surface area (Å²) in [4.78, 5) is 0. The van der Waals surface area contributed by atoms with Gasteiger partial charge in [0.15, 0.2) is 12.0 Å². The van der Waals surface area contributed by atoms with Crippen LogP contribution in [-0.4, -0.2) is 12.1 Å². The highest BCUT2D eigenvalue weighted by Gasteiger charge is 2.40. The van der Waals surface area contributed by atoms with E-state index in [0.717, 1.165) is 34.1 Å². The molecule has 27 heavy (non-hydrogen) atoms. The van der Waals surface area contributed by atoms with E-state index in [1.54, 1.807) is 13.4 Å². The Bertz CT molecular complexity index is 1020. The van der Waals surface area contributed by atoms with Crippen LogP contribution in [0.4, 0.5) is 0 Å². The van der Waals surface area contributed by atoms with Crippen molar-refractivity contribution in [2.75, 3.05) is 7.11 Å². The number of methoxy groups -OCH3 is 1. The highest BCUT2D eigenvalue weighted by Crippen LogP contribution is 2.46. The summed E-state index contributed by atoms with van der Waals surface area (Å²) < 4.78 is 17.3. The molecule has 6 heteroatoms. The summed E-state index contributed by atoms with van der Waals surface area (Å²) in [6, 6.07) is 17.4. The predicted molar refractivity (Wildman–Crippen MR) is 102 cm³/mol. The highest BCUT2D eigenvalue weighted by atomic mass is 35.5. The Morgan fingerprint density at radius 2 is 2.04 bits per heavy atom. The van der Waals surface area contributed by atoms with Crippen LogP contribution in [0.2, 0.25) is 5.02 Å².